The lowest BCUT2D eigenvalue weighted by Crippen LogP contribution is -2.54. The first kappa shape index (κ1) is 15.5. The van der Waals surface area contributed by atoms with Crippen molar-refractivity contribution >= 4 is 0 Å². The largest absolute Gasteiger partial charge is 0.378 e. The zero-order chi connectivity index (χ0) is 14.8. The van der Waals surface area contributed by atoms with Gasteiger partial charge in [0.25, 0.3) is 0 Å². The summed E-state index contributed by atoms with van der Waals surface area (Å²) in [7, 11) is 0. The van der Waals surface area contributed by atoms with Crippen molar-refractivity contribution in [3.63, 3.8) is 0 Å². The first-order chi connectivity index (χ1) is 9.40. The monoisotopic (exact) mass is 276 g/mol. The standard InChI is InChI=1S/C17H28N2O/c1-13(2)14-5-7-15(8-6-14)16(18)11-19-9-10-20-12-17(19,3)4/h5-8,13,16H,9-12,18H2,1-4H3. The Balaban J connectivity index is 2.02. The van der Waals surface area contributed by atoms with Crippen LogP contribution in [0, 0.1) is 0 Å². The molecule has 3 nitrogen and oxygen atoms in total. The fraction of sp³-hybridized carbons (Fsp3) is 0.647. The second-order valence-electron chi connectivity index (χ2n) is 6.74. The van der Waals surface area contributed by atoms with Gasteiger partial charge >= 0.3 is 0 Å². The third-order valence-electron chi connectivity index (χ3n) is 4.27. The van der Waals surface area contributed by atoms with E-state index in [1.165, 1.54) is 11.1 Å². The predicted octanol–water partition coefficient (Wildman–Crippen LogP) is 2.92. The van der Waals surface area contributed by atoms with Crippen molar-refractivity contribution < 1.29 is 4.74 Å². The van der Waals surface area contributed by atoms with E-state index >= 15 is 0 Å². The Morgan fingerprint density at radius 3 is 2.35 bits per heavy atom. The molecule has 1 aromatic carbocycles. The molecule has 1 atom stereocenters. The molecule has 1 aliphatic rings. The van der Waals surface area contributed by atoms with Crippen LogP contribution in [0.1, 0.15) is 50.8 Å². The molecular formula is C17H28N2O. The summed E-state index contributed by atoms with van der Waals surface area (Å²) in [6.07, 6.45) is 0. The highest BCUT2D eigenvalue weighted by atomic mass is 16.5. The van der Waals surface area contributed by atoms with Gasteiger partial charge in [0.15, 0.2) is 0 Å². The molecule has 1 fully saturated rings. The quantitative estimate of drug-likeness (QED) is 0.919. The Kier molecular flexibility index (Phi) is 4.84. The molecule has 112 valence electrons. The van der Waals surface area contributed by atoms with E-state index in [4.69, 9.17) is 10.5 Å². The highest BCUT2D eigenvalue weighted by molar-refractivity contribution is 5.27. The molecule has 2 rings (SSSR count). The minimum atomic E-state index is 0.0635. The van der Waals surface area contributed by atoms with Crippen LogP contribution in [0.5, 0.6) is 0 Å². The van der Waals surface area contributed by atoms with Gasteiger partial charge in [-0.2, -0.15) is 0 Å². The number of nitrogens with zero attached hydrogens (tertiary/aromatic N) is 1. The van der Waals surface area contributed by atoms with Gasteiger partial charge in [-0.1, -0.05) is 38.1 Å². The Bertz CT molecular complexity index is 425. The second-order valence-corrected chi connectivity index (χ2v) is 6.74. The van der Waals surface area contributed by atoms with Gasteiger partial charge in [-0.3, -0.25) is 4.90 Å². The summed E-state index contributed by atoms with van der Waals surface area (Å²) in [5.41, 5.74) is 9.06. The Hall–Kier alpha value is -0.900. The maximum atomic E-state index is 6.39. The van der Waals surface area contributed by atoms with Crippen LogP contribution >= 0.6 is 0 Å². The highest BCUT2D eigenvalue weighted by Gasteiger charge is 2.31. The SMILES string of the molecule is CC(C)c1ccc(C(N)CN2CCOCC2(C)C)cc1. The van der Waals surface area contributed by atoms with E-state index in [1.807, 2.05) is 0 Å². The molecule has 1 aromatic rings. The lowest BCUT2D eigenvalue weighted by atomic mass is 9.97. The van der Waals surface area contributed by atoms with Gasteiger partial charge in [-0.15, -0.1) is 0 Å². The van der Waals surface area contributed by atoms with E-state index < -0.39 is 0 Å². The van der Waals surface area contributed by atoms with Gasteiger partial charge in [0.05, 0.1) is 13.2 Å². The first-order valence-electron chi connectivity index (χ1n) is 7.58. The maximum Gasteiger partial charge on any atom is 0.0645 e. The summed E-state index contributed by atoms with van der Waals surface area (Å²) in [5.74, 6) is 0.568. The number of rotatable bonds is 4. The molecule has 1 saturated heterocycles. The molecule has 0 aliphatic carbocycles. The Morgan fingerprint density at radius 1 is 1.20 bits per heavy atom. The number of hydrogen-bond donors (Lipinski definition) is 1. The van der Waals surface area contributed by atoms with E-state index in [2.05, 4.69) is 56.9 Å². The van der Waals surface area contributed by atoms with Gasteiger partial charge in [-0.25, -0.2) is 0 Å². The third-order valence-corrected chi connectivity index (χ3v) is 4.27. The average Bonchev–Trinajstić information content (AvgIpc) is 2.41. The van der Waals surface area contributed by atoms with Crippen molar-refractivity contribution in [3.8, 4) is 0 Å². The molecular weight excluding hydrogens is 248 g/mol. The van der Waals surface area contributed by atoms with Gasteiger partial charge in [0, 0.05) is 24.7 Å². The normalized spacial score (nSPS) is 21.1. The molecule has 1 heterocycles. The van der Waals surface area contributed by atoms with Crippen molar-refractivity contribution in [1.82, 2.24) is 4.90 Å². The molecule has 0 saturated carbocycles. The van der Waals surface area contributed by atoms with E-state index in [0.29, 0.717) is 5.92 Å². The van der Waals surface area contributed by atoms with Crippen molar-refractivity contribution in [2.75, 3.05) is 26.3 Å². The first-order valence-corrected chi connectivity index (χ1v) is 7.58. The van der Waals surface area contributed by atoms with Crippen molar-refractivity contribution in [2.45, 2.75) is 45.2 Å². The number of morpholine rings is 1. The third kappa shape index (κ3) is 3.60. The van der Waals surface area contributed by atoms with Crippen LogP contribution in [-0.2, 0) is 4.74 Å². The fourth-order valence-corrected chi connectivity index (χ4v) is 2.70. The van der Waals surface area contributed by atoms with E-state index in [9.17, 15) is 0 Å². The van der Waals surface area contributed by atoms with E-state index in [1.54, 1.807) is 0 Å². The number of hydrogen-bond acceptors (Lipinski definition) is 3. The zero-order valence-corrected chi connectivity index (χ0v) is 13.2. The fourth-order valence-electron chi connectivity index (χ4n) is 2.70. The molecule has 0 bridgehead atoms. The molecule has 1 unspecified atom stereocenters. The van der Waals surface area contributed by atoms with Crippen LogP contribution in [0.3, 0.4) is 0 Å². The second kappa shape index (κ2) is 6.25. The minimum Gasteiger partial charge on any atom is -0.378 e. The minimum absolute atomic E-state index is 0.0635. The van der Waals surface area contributed by atoms with Gasteiger partial charge in [-0.05, 0) is 30.9 Å². The van der Waals surface area contributed by atoms with Crippen LogP contribution in [0.4, 0.5) is 0 Å². The summed E-state index contributed by atoms with van der Waals surface area (Å²) in [4.78, 5) is 2.44. The molecule has 1 aliphatic heterocycles. The zero-order valence-electron chi connectivity index (χ0n) is 13.2. The highest BCUT2D eigenvalue weighted by Crippen LogP contribution is 2.23. The predicted molar refractivity (Wildman–Crippen MR) is 83.9 cm³/mol. The summed E-state index contributed by atoms with van der Waals surface area (Å²) >= 11 is 0. The summed E-state index contributed by atoms with van der Waals surface area (Å²) in [6.45, 7) is 12.3. The maximum absolute atomic E-state index is 6.39. The van der Waals surface area contributed by atoms with Crippen LogP contribution in [-0.4, -0.2) is 36.7 Å². The van der Waals surface area contributed by atoms with Crippen molar-refractivity contribution in [1.29, 1.82) is 0 Å². The molecule has 3 heteroatoms. The Morgan fingerprint density at radius 2 is 1.80 bits per heavy atom. The lowest BCUT2D eigenvalue weighted by Gasteiger charge is -2.43. The van der Waals surface area contributed by atoms with Crippen molar-refractivity contribution in [2.24, 2.45) is 5.73 Å². The van der Waals surface area contributed by atoms with Gasteiger partial charge in [0.2, 0.25) is 0 Å². The molecule has 0 amide bonds. The number of benzene rings is 1. The Labute approximate surface area is 123 Å². The molecule has 2 N–H and O–H groups in total. The molecule has 0 spiro atoms. The number of nitrogens with two attached hydrogens (primary N) is 1. The van der Waals surface area contributed by atoms with Crippen LogP contribution in [0.15, 0.2) is 24.3 Å². The van der Waals surface area contributed by atoms with Gasteiger partial charge in [0.1, 0.15) is 0 Å². The molecule has 0 aromatic heterocycles. The van der Waals surface area contributed by atoms with Crippen LogP contribution in [0.25, 0.3) is 0 Å². The summed E-state index contributed by atoms with van der Waals surface area (Å²) in [5, 5.41) is 0. The average molecular weight is 276 g/mol. The smallest absolute Gasteiger partial charge is 0.0645 e. The summed E-state index contributed by atoms with van der Waals surface area (Å²) < 4.78 is 5.56. The molecule has 0 radical (unpaired) electrons. The molecule has 20 heavy (non-hydrogen) atoms. The summed E-state index contributed by atoms with van der Waals surface area (Å²) in [6, 6.07) is 8.81. The van der Waals surface area contributed by atoms with E-state index in [-0.39, 0.29) is 11.6 Å². The van der Waals surface area contributed by atoms with Crippen LogP contribution in [0.2, 0.25) is 0 Å². The van der Waals surface area contributed by atoms with Crippen molar-refractivity contribution in [3.05, 3.63) is 35.4 Å². The number of ether oxygens (including phenoxy) is 1. The van der Waals surface area contributed by atoms with Crippen LogP contribution < -0.4 is 5.73 Å². The van der Waals surface area contributed by atoms with Gasteiger partial charge < -0.3 is 10.5 Å². The van der Waals surface area contributed by atoms with E-state index in [0.717, 1.165) is 26.3 Å². The topological polar surface area (TPSA) is 38.5 Å². The lowest BCUT2D eigenvalue weighted by molar-refractivity contribution is -0.0531.